The summed E-state index contributed by atoms with van der Waals surface area (Å²) in [6, 6.07) is 0. The molecule has 0 aromatic rings. The Kier molecular flexibility index (Phi) is 9.11. The van der Waals surface area contributed by atoms with E-state index in [1.807, 2.05) is 0 Å². The Hall–Kier alpha value is -1.57. The van der Waals surface area contributed by atoms with E-state index in [1.165, 1.54) is 12.8 Å². The summed E-state index contributed by atoms with van der Waals surface area (Å²) >= 11 is 0. The van der Waals surface area contributed by atoms with E-state index < -0.39 is 36.9 Å². The molecule has 0 amide bonds. The summed E-state index contributed by atoms with van der Waals surface area (Å²) in [5.41, 5.74) is 0.390. The first-order valence-corrected chi connectivity index (χ1v) is 19.6. The monoisotopic (exact) mass is 632 g/mol. The van der Waals surface area contributed by atoms with Crippen LogP contribution >= 0.6 is 7.14 Å². The van der Waals surface area contributed by atoms with E-state index in [1.54, 1.807) is 0 Å². The van der Waals surface area contributed by atoms with E-state index in [0.717, 1.165) is 70.6 Å². The number of rotatable bonds is 7. The SMILES string of the molecule is O=C1OC(=O)C2CC(OC3CCC(OC4CCC5C(=O)OC(=O)C5C4)C(P(=O)(C4CCCCC4)C4CCCCC4)C3)CCC12. The number of hydrogen-bond acceptors (Lipinski definition) is 9. The molecule has 7 aliphatic rings. The molecule has 5 saturated carbocycles. The highest BCUT2D eigenvalue weighted by Gasteiger charge is 2.54. The highest BCUT2D eigenvalue weighted by atomic mass is 31.2. The largest absolute Gasteiger partial charge is 0.393 e. The molecule has 2 saturated heterocycles. The minimum Gasteiger partial charge on any atom is -0.393 e. The Morgan fingerprint density at radius 3 is 1.43 bits per heavy atom. The molecule has 0 bridgehead atoms. The summed E-state index contributed by atoms with van der Waals surface area (Å²) in [5, 5.41) is 0. The molecule has 7 rings (SSSR count). The topological polar surface area (TPSA) is 122 Å². The Morgan fingerprint density at radius 1 is 0.477 bits per heavy atom. The maximum atomic E-state index is 15.9. The molecule has 2 aliphatic heterocycles. The van der Waals surface area contributed by atoms with Crippen LogP contribution in [0.2, 0.25) is 0 Å². The Morgan fingerprint density at radius 2 is 0.909 bits per heavy atom. The van der Waals surface area contributed by atoms with Crippen LogP contribution in [0.5, 0.6) is 0 Å². The molecule has 0 spiro atoms. The van der Waals surface area contributed by atoms with Gasteiger partial charge in [0, 0.05) is 17.0 Å². The molecule has 9 nitrogen and oxygen atoms in total. The lowest BCUT2D eigenvalue weighted by Crippen LogP contribution is -2.47. The van der Waals surface area contributed by atoms with Crippen LogP contribution in [0.15, 0.2) is 0 Å². The fraction of sp³-hybridized carbons (Fsp3) is 0.882. The van der Waals surface area contributed by atoms with Crippen LogP contribution in [-0.2, 0) is 42.7 Å². The first-order valence-electron chi connectivity index (χ1n) is 17.7. The molecule has 244 valence electrons. The molecule has 7 fully saturated rings. The molecule has 10 heteroatoms. The standard InChI is InChI=1S/C34H49O9P/c35-31-25-14-11-20(17-27(25)33(37)42-31)40-22-13-16-29(41-21-12-15-26-28(18-21)34(38)43-32(26)36)30(19-22)44(39,23-7-3-1-4-8-23)24-9-5-2-6-10-24/h20-30H,1-19H2. The number of fused-ring (bicyclic) bond motifs is 2. The summed E-state index contributed by atoms with van der Waals surface area (Å²) in [4.78, 5) is 49.0. The lowest BCUT2D eigenvalue weighted by Gasteiger charge is -2.49. The van der Waals surface area contributed by atoms with Gasteiger partial charge < -0.3 is 23.5 Å². The fourth-order valence-electron chi connectivity index (χ4n) is 10.2. The van der Waals surface area contributed by atoms with E-state index in [-0.39, 0.29) is 59.2 Å². The second-order valence-corrected chi connectivity index (χ2v) is 18.6. The quantitative estimate of drug-likeness (QED) is 0.187. The summed E-state index contributed by atoms with van der Waals surface area (Å²) < 4.78 is 39.5. The third kappa shape index (κ3) is 5.88. The summed E-state index contributed by atoms with van der Waals surface area (Å²) in [5.74, 6) is -3.12. The number of carbonyl (C=O) groups excluding carboxylic acids is 4. The molecule has 9 atom stereocenters. The van der Waals surface area contributed by atoms with Crippen molar-refractivity contribution in [1.82, 2.24) is 0 Å². The van der Waals surface area contributed by atoms with Crippen molar-refractivity contribution in [3.8, 4) is 0 Å². The average molecular weight is 633 g/mol. The molecule has 2 heterocycles. The van der Waals surface area contributed by atoms with Gasteiger partial charge in [-0.25, -0.2) is 0 Å². The van der Waals surface area contributed by atoms with Gasteiger partial charge >= 0.3 is 23.9 Å². The van der Waals surface area contributed by atoms with Crippen LogP contribution in [0.25, 0.3) is 0 Å². The normalized spacial score (nSPS) is 40.8. The summed E-state index contributed by atoms with van der Waals surface area (Å²) in [7, 11) is -2.71. The van der Waals surface area contributed by atoms with E-state index in [9.17, 15) is 19.2 Å². The smallest absolute Gasteiger partial charge is 0.317 e. The zero-order chi connectivity index (χ0) is 30.4. The Balaban J connectivity index is 1.12. The number of ether oxygens (including phenoxy) is 4. The van der Waals surface area contributed by atoms with Gasteiger partial charge in [-0.15, -0.1) is 0 Å². The molecule has 44 heavy (non-hydrogen) atoms. The third-order valence-electron chi connectivity index (χ3n) is 12.5. The van der Waals surface area contributed by atoms with Gasteiger partial charge in [0.15, 0.2) is 0 Å². The van der Waals surface area contributed by atoms with Gasteiger partial charge in [-0.2, -0.15) is 0 Å². The van der Waals surface area contributed by atoms with Crippen LogP contribution in [0, 0.1) is 23.7 Å². The minimum absolute atomic E-state index is 0.0619. The fourth-order valence-corrected chi connectivity index (χ4v) is 15.5. The van der Waals surface area contributed by atoms with Crippen molar-refractivity contribution in [2.24, 2.45) is 23.7 Å². The zero-order valence-corrected chi connectivity index (χ0v) is 26.8. The first kappa shape index (κ1) is 31.1. The number of cyclic esters (lactones) is 4. The lowest BCUT2D eigenvalue weighted by molar-refractivity contribution is -0.155. The van der Waals surface area contributed by atoms with Gasteiger partial charge in [-0.3, -0.25) is 19.2 Å². The Labute approximate surface area is 260 Å². The molecule has 5 aliphatic carbocycles. The van der Waals surface area contributed by atoms with E-state index in [4.69, 9.17) is 18.9 Å². The highest BCUT2D eigenvalue weighted by Crippen LogP contribution is 2.69. The van der Waals surface area contributed by atoms with Crippen molar-refractivity contribution in [2.45, 2.75) is 163 Å². The second-order valence-electron chi connectivity index (χ2n) is 14.9. The van der Waals surface area contributed by atoms with Crippen LogP contribution in [-0.4, -0.2) is 65.3 Å². The van der Waals surface area contributed by atoms with Crippen LogP contribution < -0.4 is 0 Å². The maximum absolute atomic E-state index is 15.9. The predicted molar refractivity (Wildman–Crippen MR) is 160 cm³/mol. The average Bonchev–Trinajstić information content (AvgIpc) is 3.50. The van der Waals surface area contributed by atoms with Gasteiger partial charge in [-0.05, 0) is 83.5 Å². The number of carbonyl (C=O) groups is 4. The lowest BCUT2D eigenvalue weighted by atomic mass is 9.79. The molecule has 0 N–H and O–H groups in total. The molecule has 0 aromatic heterocycles. The van der Waals surface area contributed by atoms with Crippen molar-refractivity contribution >= 4 is 31.0 Å². The van der Waals surface area contributed by atoms with Gasteiger partial charge in [0.2, 0.25) is 0 Å². The molecule has 0 radical (unpaired) electrons. The molecule has 9 unspecified atom stereocenters. The first-order chi connectivity index (χ1) is 21.3. The third-order valence-corrected chi connectivity index (χ3v) is 17.4. The number of hydrogen-bond donors (Lipinski definition) is 0. The van der Waals surface area contributed by atoms with Crippen molar-refractivity contribution in [3.05, 3.63) is 0 Å². The Bertz CT molecular complexity index is 1150. The minimum atomic E-state index is -2.71. The van der Waals surface area contributed by atoms with Gasteiger partial charge in [0.25, 0.3) is 0 Å². The van der Waals surface area contributed by atoms with Crippen LogP contribution in [0.1, 0.15) is 122 Å². The van der Waals surface area contributed by atoms with Crippen LogP contribution in [0.3, 0.4) is 0 Å². The van der Waals surface area contributed by atoms with E-state index in [2.05, 4.69) is 0 Å². The molecule has 0 aromatic carbocycles. The summed E-state index contributed by atoms with van der Waals surface area (Å²) in [6.45, 7) is 0. The van der Waals surface area contributed by atoms with Crippen molar-refractivity contribution < 1.29 is 42.7 Å². The second kappa shape index (κ2) is 12.9. The molecular weight excluding hydrogens is 583 g/mol. The highest BCUT2D eigenvalue weighted by molar-refractivity contribution is 7.66. The maximum Gasteiger partial charge on any atom is 0.317 e. The van der Waals surface area contributed by atoms with Crippen molar-refractivity contribution in [3.63, 3.8) is 0 Å². The zero-order valence-electron chi connectivity index (χ0n) is 25.9. The molecular formula is C34H49O9P. The van der Waals surface area contributed by atoms with Gasteiger partial charge in [0.05, 0.1) is 55.2 Å². The van der Waals surface area contributed by atoms with Gasteiger partial charge in [0.1, 0.15) is 0 Å². The number of esters is 4. The van der Waals surface area contributed by atoms with Crippen LogP contribution in [0.4, 0.5) is 0 Å². The predicted octanol–water partition coefficient (Wildman–Crippen LogP) is 6.07. The van der Waals surface area contributed by atoms with Gasteiger partial charge in [-0.1, -0.05) is 38.5 Å². The van der Waals surface area contributed by atoms with E-state index >= 15 is 4.57 Å². The van der Waals surface area contributed by atoms with Crippen molar-refractivity contribution in [1.29, 1.82) is 0 Å². The summed E-state index contributed by atoms with van der Waals surface area (Å²) in [6.07, 6.45) is 16.6. The van der Waals surface area contributed by atoms with Crippen molar-refractivity contribution in [2.75, 3.05) is 0 Å². The van der Waals surface area contributed by atoms with E-state index in [0.29, 0.717) is 38.5 Å².